The molecule has 8 atom stereocenters. The van der Waals surface area contributed by atoms with E-state index >= 15 is 0 Å². The first-order valence-electron chi connectivity index (χ1n) is 12.8. The molecule has 176 valence electrons. The molecule has 0 unspecified atom stereocenters. The molecule has 4 fully saturated rings. The highest BCUT2D eigenvalue weighted by Gasteiger charge is 2.61. The van der Waals surface area contributed by atoms with Crippen LogP contribution in [0.3, 0.4) is 0 Å². The van der Waals surface area contributed by atoms with Crippen LogP contribution >= 0.6 is 0 Å². The van der Waals surface area contributed by atoms with E-state index in [2.05, 4.69) is 25.5 Å². The first-order chi connectivity index (χ1) is 15.0. The number of nitrogens with two attached hydrogens (primary N) is 1. The van der Waals surface area contributed by atoms with Gasteiger partial charge in [-0.15, -0.1) is 0 Å². The Hall–Kier alpha value is -1.62. The molecule has 0 spiro atoms. The molecule has 5 rings (SSSR count). The van der Waals surface area contributed by atoms with E-state index < -0.39 is 5.60 Å². The standard InChI is InChI=1S/C27H41N3O2/c1-17(28)23-10-14-30(29-23)16-24(31)22-8-7-20-19-6-5-18-15-25(2,32)12-13-26(18,3)21(19)9-11-27(20,22)4/h10,14,18-22,32H,1,5-9,11-13,15-16,28H2,2-4H3/t18-,19+,20+,21+,22-,25-,26+,27+/m1/s1. The van der Waals surface area contributed by atoms with Gasteiger partial charge < -0.3 is 10.8 Å². The molecule has 4 saturated carbocycles. The fourth-order valence-corrected chi connectivity index (χ4v) is 8.85. The van der Waals surface area contributed by atoms with Crippen molar-refractivity contribution in [3.8, 4) is 0 Å². The fraction of sp³-hybridized carbons (Fsp3) is 0.778. The number of aromatic nitrogens is 2. The first kappa shape index (κ1) is 22.2. The Morgan fingerprint density at radius 3 is 2.59 bits per heavy atom. The Morgan fingerprint density at radius 1 is 1.12 bits per heavy atom. The number of ketones is 1. The maximum Gasteiger partial charge on any atom is 0.157 e. The summed E-state index contributed by atoms with van der Waals surface area (Å²) in [7, 11) is 0. The molecule has 5 nitrogen and oxygen atoms in total. The van der Waals surface area contributed by atoms with Crippen LogP contribution in [0, 0.1) is 40.4 Å². The topological polar surface area (TPSA) is 81.1 Å². The van der Waals surface area contributed by atoms with Crippen LogP contribution in [0.1, 0.15) is 84.3 Å². The lowest BCUT2D eigenvalue weighted by Gasteiger charge is -2.61. The summed E-state index contributed by atoms with van der Waals surface area (Å²) in [4.78, 5) is 13.4. The lowest BCUT2D eigenvalue weighted by Crippen LogP contribution is -2.55. The van der Waals surface area contributed by atoms with Crippen molar-refractivity contribution in [3.05, 3.63) is 24.5 Å². The van der Waals surface area contributed by atoms with Crippen molar-refractivity contribution in [1.82, 2.24) is 9.78 Å². The quantitative estimate of drug-likeness (QED) is 0.707. The van der Waals surface area contributed by atoms with E-state index in [0.29, 0.717) is 41.0 Å². The Bertz CT molecular complexity index is 920. The van der Waals surface area contributed by atoms with E-state index in [9.17, 15) is 9.90 Å². The van der Waals surface area contributed by atoms with Gasteiger partial charge in [0.2, 0.25) is 0 Å². The SMILES string of the molecule is C=C(N)c1ccn(CC(=O)[C@H]2CC[C@H]3[C@@H]4CC[C@@H]5C[C@](C)(O)CC[C@]5(C)[C@H]4CC[C@]23C)n1. The molecule has 5 heteroatoms. The van der Waals surface area contributed by atoms with Gasteiger partial charge >= 0.3 is 0 Å². The van der Waals surface area contributed by atoms with Gasteiger partial charge in [-0.3, -0.25) is 9.48 Å². The minimum Gasteiger partial charge on any atom is -0.397 e. The number of hydrogen-bond donors (Lipinski definition) is 2. The second-order valence-corrected chi connectivity index (χ2v) is 12.4. The number of Topliss-reactive ketones (excluding diaryl/α,β-unsaturated/α-hetero) is 1. The van der Waals surface area contributed by atoms with Crippen LogP contribution < -0.4 is 5.73 Å². The Labute approximate surface area is 192 Å². The minimum absolute atomic E-state index is 0.120. The average Bonchev–Trinajstić information content (AvgIpc) is 3.32. The Morgan fingerprint density at radius 2 is 1.88 bits per heavy atom. The molecule has 4 aliphatic rings. The summed E-state index contributed by atoms with van der Waals surface area (Å²) >= 11 is 0. The zero-order valence-corrected chi connectivity index (χ0v) is 20.1. The molecule has 0 bridgehead atoms. The monoisotopic (exact) mass is 439 g/mol. The second-order valence-electron chi connectivity index (χ2n) is 12.4. The van der Waals surface area contributed by atoms with Crippen LogP contribution in [-0.4, -0.2) is 26.3 Å². The predicted molar refractivity (Wildman–Crippen MR) is 126 cm³/mol. The van der Waals surface area contributed by atoms with Gasteiger partial charge in [-0.2, -0.15) is 5.10 Å². The largest absolute Gasteiger partial charge is 0.397 e. The van der Waals surface area contributed by atoms with Crippen LogP contribution in [0.5, 0.6) is 0 Å². The van der Waals surface area contributed by atoms with Crippen LogP contribution in [-0.2, 0) is 11.3 Å². The number of fused-ring (bicyclic) bond motifs is 5. The third kappa shape index (κ3) is 3.38. The number of nitrogens with zero attached hydrogens (tertiary/aromatic N) is 2. The molecule has 1 aromatic heterocycles. The molecule has 3 N–H and O–H groups in total. The van der Waals surface area contributed by atoms with E-state index in [0.717, 1.165) is 43.9 Å². The van der Waals surface area contributed by atoms with Gasteiger partial charge in [0, 0.05) is 12.1 Å². The predicted octanol–water partition coefficient (Wildman–Crippen LogP) is 4.79. The zero-order valence-electron chi connectivity index (χ0n) is 20.1. The minimum atomic E-state index is -0.478. The van der Waals surface area contributed by atoms with E-state index in [-0.39, 0.29) is 11.3 Å². The molecule has 4 aliphatic carbocycles. The Kier molecular flexibility index (Phi) is 5.16. The molecule has 0 aliphatic heterocycles. The number of carbonyl (C=O) groups excluding carboxylic acids is 1. The van der Waals surface area contributed by atoms with E-state index in [1.807, 2.05) is 19.2 Å². The van der Waals surface area contributed by atoms with E-state index in [1.54, 1.807) is 4.68 Å². The summed E-state index contributed by atoms with van der Waals surface area (Å²) in [6.45, 7) is 11.1. The summed E-state index contributed by atoms with van der Waals surface area (Å²) in [6, 6.07) is 1.83. The third-order valence-corrected chi connectivity index (χ3v) is 10.6. The van der Waals surface area contributed by atoms with Gasteiger partial charge in [-0.05, 0) is 105 Å². The van der Waals surface area contributed by atoms with Gasteiger partial charge in [0.15, 0.2) is 5.78 Å². The highest BCUT2D eigenvalue weighted by atomic mass is 16.3. The zero-order chi connectivity index (χ0) is 22.9. The summed E-state index contributed by atoms with van der Waals surface area (Å²) in [5.41, 5.74) is 6.86. The fourth-order valence-electron chi connectivity index (χ4n) is 8.85. The Balaban J connectivity index is 1.32. The van der Waals surface area contributed by atoms with Crippen LogP contribution in [0.25, 0.3) is 5.70 Å². The second kappa shape index (κ2) is 7.44. The summed E-state index contributed by atoms with van der Waals surface area (Å²) in [6.07, 6.45) is 12.1. The number of rotatable bonds is 4. The van der Waals surface area contributed by atoms with Crippen LogP contribution in [0.2, 0.25) is 0 Å². The lowest BCUT2D eigenvalue weighted by molar-refractivity contribution is -0.151. The van der Waals surface area contributed by atoms with Gasteiger partial charge in [0.25, 0.3) is 0 Å². The van der Waals surface area contributed by atoms with Gasteiger partial charge in [0.05, 0.1) is 17.8 Å². The molecular formula is C27H41N3O2. The van der Waals surface area contributed by atoms with Gasteiger partial charge in [-0.1, -0.05) is 20.4 Å². The van der Waals surface area contributed by atoms with Crippen molar-refractivity contribution in [3.63, 3.8) is 0 Å². The molecule has 0 aromatic carbocycles. The summed E-state index contributed by atoms with van der Waals surface area (Å²) in [5, 5.41) is 15.1. The van der Waals surface area contributed by atoms with Crippen LogP contribution in [0.15, 0.2) is 18.8 Å². The average molecular weight is 440 g/mol. The van der Waals surface area contributed by atoms with Gasteiger partial charge in [0.1, 0.15) is 5.69 Å². The molecule has 0 radical (unpaired) electrons. The van der Waals surface area contributed by atoms with Crippen molar-refractivity contribution in [2.45, 2.75) is 90.7 Å². The highest BCUT2D eigenvalue weighted by Crippen LogP contribution is 2.68. The maximum absolute atomic E-state index is 13.4. The molecule has 1 heterocycles. The third-order valence-electron chi connectivity index (χ3n) is 10.6. The van der Waals surface area contributed by atoms with E-state index in [4.69, 9.17) is 5.73 Å². The molecule has 32 heavy (non-hydrogen) atoms. The molecule has 0 amide bonds. The van der Waals surface area contributed by atoms with Crippen molar-refractivity contribution >= 4 is 11.5 Å². The van der Waals surface area contributed by atoms with E-state index in [1.165, 1.54) is 25.7 Å². The molecule has 0 saturated heterocycles. The summed E-state index contributed by atoms with van der Waals surface area (Å²) in [5.74, 6) is 3.29. The van der Waals surface area contributed by atoms with Crippen molar-refractivity contribution in [2.75, 3.05) is 0 Å². The number of aliphatic hydroxyl groups is 1. The lowest BCUT2D eigenvalue weighted by atomic mass is 9.44. The first-order valence-corrected chi connectivity index (χ1v) is 12.8. The maximum atomic E-state index is 13.4. The van der Waals surface area contributed by atoms with Crippen molar-refractivity contribution < 1.29 is 9.90 Å². The van der Waals surface area contributed by atoms with Gasteiger partial charge in [-0.25, -0.2) is 0 Å². The molecule has 1 aromatic rings. The molecular weight excluding hydrogens is 398 g/mol. The normalized spacial score (nSPS) is 45.6. The smallest absolute Gasteiger partial charge is 0.157 e. The van der Waals surface area contributed by atoms with Crippen LogP contribution in [0.4, 0.5) is 0 Å². The summed E-state index contributed by atoms with van der Waals surface area (Å²) < 4.78 is 1.73. The number of carbonyl (C=O) groups is 1. The highest BCUT2D eigenvalue weighted by molar-refractivity contribution is 5.82. The van der Waals surface area contributed by atoms with Crippen molar-refractivity contribution in [1.29, 1.82) is 0 Å². The van der Waals surface area contributed by atoms with Crippen molar-refractivity contribution in [2.24, 2.45) is 46.2 Å². The number of hydrogen-bond acceptors (Lipinski definition) is 4.